The number of para-hydroxylation sites is 1. The van der Waals surface area contributed by atoms with Crippen molar-refractivity contribution in [2.45, 2.75) is 13.3 Å². The molecule has 1 N–H and O–H groups in total. The van der Waals surface area contributed by atoms with Crippen molar-refractivity contribution in [1.82, 2.24) is 9.97 Å². The highest BCUT2D eigenvalue weighted by molar-refractivity contribution is 5.56. The van der Waals surface area contributed by atoms with E-state index in [2.05, 4.69) is 81.6 Å². The third-order valence-corrected chi connectivity index (χ3v) is 4.98. The van der Waals surface area contributed by atoms with E-state index in [4.69, 9.17) is 4.98 Å². The van der Waals surface area contributed by atoms with Gasteiger partial charge in [0.15, 0.2) is 0 Å². The lowest BCUT2D eigenvalue weighted by Gasteiger charge is -2.36. The van der Waals surface area contributed by atoms with Gasteiger partial charge in [0.25, 0.3) is 0 Å². The fraction of sp³-hybridized carbons (Fsp3) is 0.273. The molecule has 3 aromatic rings. The summed E-state index contributed by atoms with van der Waals surface area (Å²) >= 11 is 0. The molecular formula is C22H25N5. The molecule has 5 heteroatoms. The molecule has 4 rings (SSSR count). The Morgan fingerprint density at radius 2 is 1.56 bits per heavy atom. The van der Waals surface area contributed by atoms with E-state index < -0.39 is 0 Å². The lowest BCUT2D eigenvalue weighted by atomic mass is 10.1. The lowest BCUT2D eigenvalue weighted by molar-refractivity contribution is 0.647. The van der Waals surface area contributed by atoms with E-state index in [0.717, 1.165) is 44.1 Å². The van der Waals surface area contributed by atoms with Gasteiger partial charge in [-0.15, -0.1) is 0 Å². The number of aryl methyl sites for hydroxylation is 1. The Labute approximate surface area is 160 Å². The van der Waals surface area contributed by atoms with Crippen molar-refractivity contribution in [3.63, 3.8) is 0 Å². The van der Waals surface area contributed by atoms with E-state index in [9.17, 15) is 0 Å². The molecule has 0 bridgehead atoms. The number of nitrogens with one attached hydrogen (secondary N) is 1. The van der Waals surface area contributed by atoms with Crippen LogP contribution in [0.5, 0.6) is 0 Å². The molecule has 1 aliphatic heterocycles. The molecule has 27 heavy (non-hydrogen) atoms. The summed E-state index contributed by atoms with van der Waals surface area (Å²) in [6.45, 7) is 6.06. The van der Waals surface area contributed by atoms with Gasteiger partial charge in [0.2, 0.25) is 5.95 Å². The van der Waals surface area contributed by atoms with E-state index in [1.807, 2.05) is 12.3 Å². The summed E-state index contributed by atoms with van der Waals surface area (Å²) in [6, 6.07) is 21.0. The van der Waals surface area contributed by atoms with Crippen LogP contribution in [0, 0.1) is 0 Å². The Balaban J connectivity index is 1.40. The number of hydrogen-bond donors (Lipinski definition) is 1. The molecule has 1 fully saturated rings. The molecule has 2 heterocycles. The fourth-order valence-electron chi connectivity index (χ4n) is 3.37. The quantitative estimate of drug-likeness (QED) is 0.743. The average molecular weight is 359 g/mol. The van der Waals surface area contributed by atoms with Gasteiger partial charge in [-0.25, -0.2) is 4.98 Å². The van der Waals surface area contributed by atoms with Crippen LogP contribution in [0.15, 0.2) is 66.9 Å². The van der Waals surface area contributed by atoms with Crippen molar-refractivity contribution < 1.29 is 0 Å². The number of nitrogens with zero attached hydrogens (tertiary/aromatic N) is 4. The SMILES string of the molecule is CCc1ccc(Nc2nccc(N3CCN(c4ccccc4)CC3)n2)cc1. The maximum Gasteiger partial charge on any atom is 0.229 e. The summed E-state index contributed by atoms with van der Waals surface area (Å²) in [5.41, 5.74) is 3.63. The predicted molar refractivity (Wildman–Crippen MR) is 112 cm³/mol. The third kappa shape index (κ3) is 4.19. The normalized spacial score (nSPS) is 14.3. The van der Waals surface area contributed by atoms with Crippen molar-refractivity contribution in [3.8, 4) is 0 Å². The van der Waals surface area contributed by atoms with E-state index in [1.165, 1.54) is 11.3 Å². The Bertz CT molecular complexity index is 855. The zero-order valence-corrected chi connectivity index (χ0v) is 15.7. The maximum atomic E-state index is 4.72. The van der Waals surface area contributed by atoms with Crippen molar-refractivity contribution in [2.75, 3.05) is 41.3 Å². The van der Waals surface area contributed by atoms with Gasteiger partial charge in [-0.05, 0) is 42.3 Å². The Morgan fingerprint density at radius 3 is 2.26 bits per heavy atom. The third-order valence-electron chi connectivity index (χ3n) is 4.98. The summed E-state index contributed by atoms with van der Waals surface area (Å²) in [5.74, 6) is 1.62. The second-order valence-corrected chi connectivity index (χ2v) is 6.72. The molecule has 2 aromatic carbocycles. The summed E-state index contributed by atoms with van der Waals surface area (Å²) in [7, 11) is 0. The second-order valence-electron chi connectivity index (χ2n) is 6.72. The van der Waals surface area contributed by atoms with Crippen LogP contribution in [-0.2, 0) is 6.42 Å². The predicted octanol–water partition coefficient (Wildman–Crippen LogP) is 4.11. The summed E-state index contributed by atoms with van der Waals surface area (Å²) in [6.07, 6.45) is 2.87. The molecule has 0 atom stereocenters. The standard InChI is InChI=1S/C22H25N5/c1-2-18-8-10-19(11-9-18)24-22-23-13-12-21(25-22)27-16-14-26(15-17-27)20-6-4-3-5-7-20/h3-13H,2,14-17H2,1H3,(H,23,24,25). The highest BCUT2D eigenvalue weighted by atomic mass is 15.3. The first-order valence-corrected chi connectivity index (χ1v) is 9.56. The van der Waals surface area contributed by atoms with Crippen molar-refractivity contribution >= 4 is 23.1 Å². The van der Waals surface area contributed by atoms with Crippen LogP contribution in [0.1, 0.15) is 12.5 Å². The van der Waals surface area contributed by atoms with E-state index in [-0.39, 0.29) is 0 Å². The number of piperazine rings is 1. The van der Waals surface area contributed by atoms with E-state index >= 15 is 0 Å². The van der Waals surface area contributed by atoms with Crippen LogP contribution in [0.4, 0.5) is 23.1 Å². The smallest absolute Gasteiger partial charge is 0.229 e. The molecule has 1 aliphatic rings. The zero-order chi connectivity index (χ0) is 18.5. The maximum absolute atomic E-state index is 4.72. The monoisotopic (exact) mass is 359 g/mol. The first-order valence-electron chi connectivity index (χ1n) is 9.56. The van der Waals surface area contributed by atoms with E-state index in [0.29, 0.717) is 5.95 Å². The minimum Gasteiger partial charge on any atom is -0.368 e. The zero-order valence-electron chi connectivity index (χ0n) is 15.7. The van der Waals surface area contributed by atoms with Crippen molar-refractivity contribution in [1.29, 1.82) is 0 Å². The molecule has 0 saturated carbocycles. The molecule has 5 nitrogen and oxygen atoms in total. The lowest BCUT2D eigenvalue weighted by Crippen LogP contribution is -2.46. The Kier molecular flexibility index (Phi) is 5.19. The molecule has 138 valence electrons. The van der Waals surface area contributed by atoms with Gasteiger partial charge in [0.05, 0.1) is 0 Å². The van der Waals surface area contributed by atoms with Crippen LogP contribution in [0.25, 0.3) is 0 Å². The molecule has 0 radical (unpaired) electrons. The highest BCUT2D eigenvalue weighted by Crippen LogP contribution is 2.21. The van der Waals surface area contributed by atoms with Crippen LogP contribution >= 0.6 is 0 Å². The largest absolute Gasteiger partial charge is 0.368 e. The molecule has 0 spiro atoms. The summed E-state index contributed by atoms with van der Waals surface area (Å²) in [5, 5.41) is 3.31. The molecular weight excluding hydrogens is 334 g/mol. The topological polar surface area (TPSA) is 44.3 Å². The molecule has 1 aromatic heterocycles. The number of benzene rings is 2. The van der Waals surface area contributed by atoms with Crippen LogP contribution < -0.4 is 15.1 Å². The van der Waals surface area contributed by atoms with Gasteiger partial charge in [-0.2, -0.15) is 4.98 Å². The van der Waals surface area contributed by atoms with Crippen molar-refractivity contribution in [2.24, 2.45) is 0 Å². The number of hydrogen-bond acceptors (Lipinski definition) is 5. The number of rotatable bonds is 5. The van der Waals surface area contributed by atoms with Gasteiger partial charge < -0.3 is 15.1 Å². The minimum absolute atomic E-state index is 0.641. The molecule has 0 amide bonds. The van der Waals surface area contributed by atoms with Crippen LogP contribution in [0.3, 0.4) is 0 Å². The average Bonchev–Trinajstić information content (AvgIpc) is 2.75. The number of aromatic nitrogens is 2. The van der Waals surface area contributed by atoms with E-state index in [1.54, 1.807) is 0 Å². The van der Waals surface area contributed by atoms with Gasteiger partial charge in [-0.1, -0.05) is 37.3 Å². The van der Waals surface area contributed by atoms with Gasteiger partial charge in [0, 0.05) is 43.8 Å². The van der Waals surface area contributed by atoms with Crippen molar-refractivity contribution in [3.05, 3.63) is 72.4 Å². The second kappa shape index (κ2) is 8.08. The van der Waals surface area contributed by atoms with Gasteiger partial charge >= 0.3 is 0 Å². The molecule has 1 saturated heterocycles. The van der Waals surface area contributed by atoms with Crippen LogP contribution in [-0.4, -0.2) is 36.1 Å². The Hall–Kier alpha value is -3.08. The van der Waals surface area contributed by atoms with Crippen LogP contribution in [0.2, 0.25) is 0 Å². The molecule has 0 aliphatic carbocycles. The molecule has 0 unspecified atom stereocenters. The first kappa shape index (κ1) is 17.3. The highest BCUT2D eigenvalue weighted by Gasteiger charge is 2.18. The first-order chi connectivity index (χ1) is 13.3. The van der Waals surface area contributed by atoms with Gasteiger partial charge in [-0.3, -0.25) is 0 Å². The summed E-state index contributed by atoms with van der Waals surface area (Å²) in [4.78, 5) is 13.8. The minimum atomic E-state index is 0.641. The van der Waals surface area contributed by atoms with Gasteiger partial charge in [0.1, 0.15) is 5.82 Å². The fourth-order valence-corrected chi connectivity index (χ4v) is 3.37. The number of anilines is 4. The Morgan fingerprint density at radius 1 is 0.852 bits per heavy atom. The summed E-state index contributed by atoms with van der Waals surface area (Å²) < 4.78 is 0.